The van der Waals surface area contributed by atoms with Crippen molar-refractivity contribution in [3.8, 4) is 11.5 Å². The van der Waals surface area contributed by atoms with Crippen LogP contribution in [0.4, 0.5) is 0 Å². The molecule has 1 aromatic rings. The highest BCUT2D eigenvalue weighted by Crippen LogP contribution is 2.31. The van der Waals surface area contributed by atoms with Crippen molar-refractivity contribution in [2.75, 3.05) is 31.8 Å². The first kappa shape index (κ1) is 18.2. The van der Waals surface area contributed by atoms with E-state index in [2.05, 4.69) is 44.5 Å². The fourth-order valence-corrected chi connectivity index (χ4v) is 2.73. The highest BCUT2D eigenvalue weighted by atomic mass is 32.2. The van der Waals surface area contributed by atoms with Crippen LogP contribution in [0.25, 0.3) is 0 Å². The Kier molecular flexibility index (Phi) is 9.35. The van der Waals surface area contributed by atoms with Gasteiger partial charge in [-0.3, -0.25) is 0 Å². The third kappa shape index (κ3) is 6.18. The Labute approximate surface area is 133 Å². The summed E-state index contributed by atoms with van der Waals surface area (Å²) >= 11 is 1.85. The number of ether oxygens (including phenoxy) is 2. The Morgan fingerprint density at radius 2 is 1.71 bits per heavy atom. The lowest BCUT2D eigenvalue weighted by Crippen LogP contribution is -2.23. The number of rotatable bonds is 11. The number of thioether (sulfide) groups is 1. The van der Waals surface area contributed by atoms with Crippen molar-refractivity contribution in [3.05, 3.63) is 23.8 Å². The molecule has 0 amide bonds. The SMILES string of the molecule is CCCOc1ccc(C(CSC)NCC)cc1OCCC. The van der Waals surface area contributed by atoms with Crippen LogP contribution in [0.15, 0.2) is 18.2 Å². The maximum atomic E-state index is 5.87. The minimum atomic E-state index is 0.356. The van der Waals surface area contributed by atoms with Gasteiger partial charge in [0.05, 0.1) is 13.2 Å². The van der Waals surface area contributed by atoms with Gasteiger partial charge in [-0.25, -0.2) is 0 Å². The van der Waals surface area contributed by atoms with E-state index in [4.69, 9.17) is 9.47 Å². The number of hydrogen-bond acceptors (Lipinski definition) is 4. The lowest BCUT2D eigenvalue weighted by Gasteiger charge is -2.20. The van der Waals surface area contributed by atoms with Crippen LogP contribution in [0, 0.1) is 0 Å². The Balaban J connectivity index is 2.94. The van der Waals surface area contributed by atoms with E-state index in [1.807, 2.05) is 17.8 Å². The van der Waals surface area contributed by atoms with E-state index in [1.165, 1.54) is 5.56 Å². The van der Waals surface area contributed by atoms with Crippen LogP contribution in [0.2, 0.25) is 0 Å². The van der Waals surface area contributed by atoms with Crippen LogP contribution < -0.4 is 14.8 Å². The smallest absolute Gasteiger partial charge is 0.161 e. The molecule has 1 atom stereocenters. The molecule has 1 unspecified atom stereocenters. The van der Waals surface area contributed by atoms with Crippen molar-refractivity contribution >= 4 is 11.8 Å². The third-order valence-electron chi connectivity index (χ3n) is 3.08. The molecule has 0 bridgehead atoms. The number of hydrogen-bond donors (Lipinski definition) is 1. The highest BCUT2D eigenvalue weighted by molar-refractivity contribution is 7.98. The second kappa shape index (κ2) is 10.8. The van der Waals surface area contributed by atoms with E-state index >= 15 is 0 Å². The van der Waals surface area contributed by atoms with Crippen LogP contribution in [0.3, 0.4) is 0 Å². The molecule has 0 aliphatic rings. The molecule has 0 saturated heterocycles. The Morgan fingerprint density at radius 3 is 2.29 bits per heavy atom. The van der Waals surface area contributed by atoms with Crippen LogP contribution in [-0.2, 0) is 0 Å². The van der Waals surface area contributed by atoms with Gasteiger partial charge in [-0.2, -0.15) is 11.8 Å². The summed E-state index contributed by atoms with van der Waals surface area (Å²) in [5.41, 5.74) is 1.26. The predicted octanol–water partition coefficient (Wildman–Crippen LogP) is 4.28. The van der Waals surface area contributed by atoms with Gasteiger partial charge in [-0.05, 0) is 43.3 Å². The second-order valence-corrected chi connectivity index (χ2v) is 5.88. The molecular formula is C17H29NO2S. The monoisotopic (exact) mass is 311 g/mol. The largest absolute Gasteiger partial charge is 0.490 e. The van der Waals surface area contributed by atoms with Crippen molar-refractivity contribution in [2.45, 2.75) is 39.7 Å². The van der Waals surface area contributed by atoms with Crippen molar-refractivity contribution < 1.29 is 9.47 Å². The molecule has 3 nitrogen and oxygen atoms in total. The average molecular weight is 311 g/mol. The van der Waals surface area contributed by atoms with E-state index in [9.17, 15) is 0 Å². The van der Waals surface area contributed by atoms with Crippen molar-refractivity contribution in [1.82, 2.24) is 5.32 Å². The van der Waals surface area contributed by atoms with Crippen molar-refractivity contribution in [2.24, 2.45) is 0 Å². The number of benzene rings is 1. The predicted molar refractivity (Wildman–Crippen MR) is 92.8 cm³/mol. The van der Waals surface area contributed by atoms with Crippen LogP contribution in [-0.4, -0.2) is 31.8 Å². The van der Waals surface area contributed by atoms with E-state index in [-0.39, 0.29) is 0 Å². The summed E-state index contributed by atoms with van der Waals surface area (Å²) in [7, 11) is 0. The fraction of sp³-hybridized carbons (Fsp3) is 0.647. The van der Waals surface area contributed by atoms with Crippen LogP contribution in [0.1, 0.15) is 45.2 Å². The van der Waals surface area contributed by atoms with Gasteiger partial charge in [-0.15, -0.1) is 0 Å². The molecule has 0 radical (unpaired) electrons. The molecular weight excluding hydrogens is 282 g/mol. The Morgan fingerprint density at radius 1 is 1.05 bits per heavy atom. The maximum absolute atomic E-state index is 5.87. The third-order valence-corrected chi connectivity index (χ3v) is 3.74. The molecule has 120 valence electrons. The van der Waals surface area contributed by atoms with Crippen molar-refractivity contribution in [1.29, 1.82) is 0 Å². The summed E-state index contributed by atoms with van der Waals surface area (Å²) in [6.07, 6.45) is 4.14. The first-order chi connectivity index (χ1) is 10.3. The van der Waals surface area contributed by atoms with Crippen LogP contribution in [0.5, 0.6) is 11.5 Å². The molecule has 0 saturated carbocycles. The van der Waals surface area contributed by atoms with Gasteiger partial charge < -0.3 is 14.8 Å². The van der Waals surface area contributed by atoms with Crippen LogP contribution >= 0.6 is 11.8 Å². The molecule has 4 heteroatoms. The second-order valence-electron chi connectivity index (χ2n) is 4.97. The van der Waals surface area contributed by atoms with Crippen molar-refractivity contribution in [3.63, 3.8) is 0 Å². The Hall–Kier alpha value is -0.870. The molecule has 0 spiro atoms. The highest BCUT2D eigenvalue weighted by Gasteiger charge is 2.13. The summed E-state index contributed by atoms with van der Waals surface area (Å²) in [5, 5.41) is 3.53. The van der Waals surface area contributed by atoms with Gasteiger partial charge in [0.15, 0.2) is 11.5 Å². The van der Waals surface area contributed by atoms with Gasteiger partial charge in [0.1, 0.15) is 0 Å². The summed E-state index contributed by atoms with van der Waals surface area (Å²) in [4.78, 5) is 0. The molecule has 0 aliphatic carbocycles. The minimum absolute atomic E-state index is 0.356. The standard InChI is InChI=1S/C17H29NO2S/c1-5-10-19-16-9-8-14(12-17(16)20-11-6-2)15(13-21-4)18-7-3/h8-9,12,15,18H,5-7,10-11,13H2,1-4H3. The van der Waals surface area contributed by atoms with E-state index in [0.29, 0.717) is 6.04 Å². The molecule has 1 N–H and O–H groups in total. The molecule has 0 fully saturated rings. The topological polar surface area (TPSA) is 30.5 Å². The summed E-state index contributed by atoms with van der Waals surface area (Å²) in [6.45, 7) is 8.78. The van der Waals surface area contributed by atoms with E-state index in [1.54, 1.807) is 0 Å². The van der Waals surface area contributed by atoms with E-state index in [0.717, 1.165) is 49.9 Å². The first-order valence-electron chi connectivity index (χ1n) is 7.88. The van der Waals surface area contributed by atoms with Gasteiger partial charge in [-0.1, -0.05) is 26.8 Å². The quantitative estimate of drug-likeness (QED) is 0.661. The zero-order valence-corrected chi connectivity index (χ0v) is 14.6. The Bertz CT molecular complexity index is 392. The van der Waals surface area contributed by atoms with Gasteiger partial charge in [0.25, 0.3) is 0 Å². The van der Waals surface area contributed by atoms with Gasteiger partial charge in [0, 0.05) is 11.8 Å². The minimum Gasteiger partial charge on any atom is -0.490 e. The van der Waals surface area contributed by atoms with Gasteiger partial charge >= 0.3 is 0 Å². The zero-order valence-electron chi connectivity index (χ0n) is 13.8. The van der Waals surface area contributed by atoms with Gasteiger partial charge in [0.2, 0.25) is 0 Å². The summed E-state index contributed by atoms with van der Waals surface area (Å²) in [6, 6.07) is 6.67. The molecule has 0 aliphatic heterocycles. The molecule has 0 aromatic heterocycles. The molecule has 1 rings (SSSR count). The molecule has 21 heavy (non-hydrogen) atoms. The number of nitrogens with one attached hydrogen (secondary N) is 1. The first-order valence-corrected chi connectivity index (χ1v) is 9.27. The molecule has 1 aromatic carbocycles. The van der Waals surface area contributed by atoms with E-state index < -0.39 is 0 Å². The average Bonchev–Trinajstić information content (AvgIpc) is 2.51. The maximum Gasteiger partial charge on any atom is 0.161 e. The normalized spacial score (nSPS) is 12.2. The zero-order chi connectivity index (χ0) is 15.5. The summed E-state index contributed by atoms with van der Waals surface area (Å²) < 4.78 is 11.7. The lowest BCUT2D eigenvalue weighted by atomic mass is 10.1. The summed E-state index contributed by atoms with van der Waals surface area (Å²) in [5.74, 6) is 2.77. The fourth-order valence-electron chi connectivity index (χ4n) is 2.08. The molecule has 0 heterocycles. The lowest BCUT2D eigenvalue weighted by molar-refractivity contribution is 0.268.